The van der Waals surface area contributed by atoms with Crippen LogP contribution < -0.4 is 16.5 Å². The fourth-order valence-electron chi connectivity index (χ4n) is 1.90. The van der Waals surface area contributed by atoms with Gasteiger partial charge < -0.3 is 11.1 Å². The summed E-state index contributed by atoms with van der Waals surface area (Å²) in [6, 6.07) is 13.5. The first-order valence-electron chi connectivity index (χ1n) is 6.58. The van der Waals surface area contributed by atoms with Gasteiger partial charge in [0.2, 0.25) is 0 Å². The number of aryl methyl sites for hydroxylation is 2. The van der Waals surface area contributed by atoms with E-state index >= 15 is 0 Å². The first-order chi connectivity index (χ1) is 10.1. The standard InChI is InChI=1S/C16H18N4S/c1-11-4-3-5-12(2)15(11)19-16(21)20-18-10-13-6-8-14(17)9-7-13/h3-10H,17H2,1-2H3,(H2,19,20,21)/b18-10+. The van der Waals surface area contributed by atoms with Crippen LogP contribution in [0, 0.1) is 13.8 Å². The van der Waals surface area contributed by atoms with Gasteiger partial charge in [0, 0.05) is 11.4 Å². The maximum Gasteiger partial charge on any atom is 0.191 e. The molecule has 4 N–H and O–H groups in total. The van der Waals surface area contributed by atoms with Crippen LogP contribution in [-0.2, 0) is 0 Å². The van der Waals surface area contributed by atoms with Gasteiger partial charge in [0.1, 0.15) is 0 Å². The van der Waals surface area contributed by atoms with Crippen molar-refractivity contribution in [1.29, 1.82) is 0 Å². The molecule has 108 valence electrons. The molecule has 0 aromatic heterocycles. The predicted molar refractivity (Wildman–Crippen MR) is 93.7 cm³/mol. The van der Waals surface area contributed by atoms with E-state index < -0.39 is 0 Å². The molecule has 0 aliphatic carbocycles. The number of nitrogens with one attached hydrogen (secondary N) is 2. The quantitative estimate of drug-likeness (QED) is 0.352. The van der Waals surface area contributed by atoms with Crippen molar-refractivity contribution in [3.63, 3.8) is 0 Å². The number of nitrogens with two attached hydrogens (primary N) is 1. The summed E-state index contributed by atoms with van der Waals surface area (Å²) in [6.45, 7) is 4.07. The van der Waals surface area contributed by atoms with Crippen molar-refractivity contribution < 1.29 is 0 Å². The molecule has 2 aromatic carbocycles. The highest BCUT2D eigenvalue weighted by Crippen LogP contribution is 2.19. The second-order valence-electron chi connectivity index (χ2n) is 4.76. The minimum absolute atomic E-state index is 0.457. The number of thiocarbonyl (C=S) groups is 1. The maximum absolute atomic E-state index is 5.63. The minimum Gasteiger partial charge on any atom is -0.399 e. The van der Waals surface area contributed by atoms with Crippen LogP contribution in [0.25, 0.3) is 0 Å². The first kappa shape index (κ1) is 15.0. The van der Waals surface area contributed by atoms with E-state index in [1.807, 2.05) is 56.3 Å². The third-order valence-corrected chi connectivity index (χ3v) is 3.23. The lowest BCUT2D eigenvalue weighted by Crippen LogP contribution is -2.24. The van der Waals surface area contributed by atoms with E-state index in [4.69, 9.17) is 18.0 Å². The molecule has 0 aliphatic heterocycles. The molecule has 0 amide bonds. The van der Waals surface area contributed by atoms with Crippen molar-refractivity contribution in [2.75, 3.05) is 11.1 Å². The van der Waals surface area contributed by atoms with Crippen molar-refractivity contribution in [3.05, 3.63) is 59.2 Å². The molecule has 0 saturated heterocycles. The third-order valence-electron chi connectivity index (χ3n) is 3.04. The summed E-state index contributed by atoms with van der Waals surface area (Å²) in [4.78, 5) is 0. The summed E-state index contributed by atoms with van der Waals surface area (Å²) in [5.74, 6) is 0. The van der Waals surface area contributed by atoms with Gasteiger partial charge in [0.25, 0.3) is 0 Å². The number of hydrogen-bond donors (Lipinski definition) is 3. The van der Waals surface area contributed by atoms with Gasteiger partial charge >= 0.3 is 0 Å². The lowest BCUT2D eigenvalue weighted by molar-refractivity contribution is 1.05. The van der Waals surface area contributed by atoms with E-state index in [-0.39, 0.29) is 0 Å². The zero-order valence-electron chi connectivity index (χ0n) is 12.1. The molecule has 0 spiro atoms. The zero-order chi connectivity index (χ0) is 15.2. The summed E-state index contributed by atoms with van der Waals surface area (Å²) in [7, 11) is 0. The maximum atomic E-state index is 5.63. The summed E-state index contributed by atoms with van der Waals surface area (Å²) in [5.41, 5.74) is 13.4. The van der Waals surface area contributed by atoms with Gasteiger partial charge in [-0.05, 0) is 54.9 Å². The fraction of sp³-hybridized carbons (Fsp3) is 0.125. The molecule has 0 aliphatic rings. The average Bonchev–Trinajstić information content (AvgIpc) is 2.45. The molecule has 0 atom stereocenters. The van der Waals surface area contributed by atoms with Gasteiger partial charge in [-0.3, -0.25) is 5.43 Å². The van der Waals surface area contributed by atoms with E-state index in [0.29, 0.717) is 5.11 Å². The van der Waals surface area contributed by atoms with Gasteiger partial charge in [0.15, 0.2) is 5.11 Å². The Morgan fingerprint density at radius 1 is 1.10 bits per heavy atom. The molecular weight excluding hydrogens is 280 g/mol. The van der Waals surface area contributed by atoms with Crippen LogP contribution >= 0.6 is 12.2 Å². The summed E-state index contributed by atoms with van der Waals surface area (Å²) < 4.78 is 0. The molecule has 4 nitrogen and oxygen atoms in total. The Hall–Kier alpha value is -2.40. The lowest BCUT2D eigenvalue weighted by atomic mass is 10.1. The average molecular weight is 298 g/mol. The Kier molecular flexibility index (Phi) is 4.90. The molecule has 2 rings (SSSR count). The molecule has 21 heavy (non-hydrogen) atoms. The number of nitrogen functional groups attached to an aromatic ring is 1. The molecule has 0 radical (unpaired) electrons. The predicted octanol–water partition coefficient (Wildman–Crippen LogP) is 3.21. The van der Waals surface area contributed by atoms with Gasteiger partial charge in [-0.15, -0.1) is 0 Å². The number of hydrazone groups is 1. The van der Waals surface area contributed by atoms with Crippen LogP contribution in [0.2, 0.25) is 0 Å². The highest BCUT2D eigenvalue weighted by Gasteiger charge is 2.03. The second-order valence-corrected chi connectivity index (χ2v) is 5.17. The molecule has 5 heteroatoms. The lowest BCUT2D eigenvalue weighted by Gasteiger charge is -2.12. The van der Waals surface area contributed by atoms with Crippen LogP contribution in [0.15, 0.2) is 47.6 Å². The topological polar surface area (TPSA) is 62.4 Å². The number of benzene rings is 2. The smallest absolute Gasteiger partial charge is 0.191 e. The SMILES string of the molecule is Cc1cccc(C)c1NC(=S)N/N=C/c1ccc(N)cc1. The Morgan fingerprint density at radius 2 is 1.71 bits per heavy atom. The molecule has 0 fully saturated rings. The second kappa shape index (κ2) is 6.85. The van der Waals surface area contributed by atoms with Crippen LogP contribution in [0.1, 0.15) is 16.7 Å². The molecule has 0 saturated carbocycles. The van der Waals surface area contributed by atoms with Crippen molar-refractivity contribution in [1.82, 2.24) is 5.43 Å². The number of nitrogens with zero attached hydrogens (tertiary/aromatic N) is 1. The van der Waals surface area contributed by atoms with Gasteiger partial charge in [0.05, 0.1) is 6.21 Å². The van der Waals surface area contributed by atoms with Crippen LogP contribution in [0.3, 0.4) is 0 Å². The van der Waals surface area contributed by atoms with Crippen molar-refractivity contribution in [3.8, 4) is 0 Å². The molecule has 0 unspecified atom stereocenters. The van der Waals surface area contributed by atoms with Crippen molar-refractivity contribution in [2.24, 2.45) is 5.10 Å². The minimum atomic E-state index is 0.457. The number of para-hydroxylation sites is 1. The van der Waals surface area contributed by atoms with Crippen molar-refractivity contribution in [2.45, 2.75) is 13.8 Å². The van der Waals surface area contributed by atoms with Crippen LogP contribution in [0.5, 0.6) is 0 Å². The van der Waals surface area contributed by atoms with Gasteiger partial charge in [-0.25, -0.2) is 0 Å². The normalized spacial score (nSPS) is 10.6. The number of rotatable bonds is 3. The summed E-state index contributed by atoms with van der Waals surface area (Å²) in [5, 5.41) is 7.73. The Balaban J connectivity index is 1.95. The molecule has 0 heterocycles. The molecule has 0 bridgehead atoms. The zero-order valence-corrected chi connectivity index (χ0v) is 12.9. The number of hydrogen-bond acceptors (Lipinski definition) is 3. The number of anilines is 2. The summed E-state index contributed by atoms with van der Waals surface area (Å²) >= 11 is 5.24. The van der Waals surface area contributed by atoms with E-state index in [9.17, 15) is 0 Å². The molecule has 2 aromatic rings. The Morgan fingerprint density at radius 3 is 2.33 bits per heavy atom. The van der Waals surface area contributed by atoms with E-state index in [2.05, 4.69) is 15.8 Å². The largest absolute Gasteiger partial charge is 0.399 e. The van der Waals surface area contributed by atoms with E-state index in [1.54, 1.807) is 6.21 Å². The van der Waals surface area contributed by atoms with Gasteiger partial charge in [-0.2, -0.15) is 5.10 Å². The third kappa shape index (κ3) is 4.29. The molecular formula is C16H18N4S. The van der Waals surface area contributed by atoms with Crippen LogP contribution in [0.4, 0.5) is 11.4 Å². The van der Waals surface area contributed by atoms with E-state index in [0.717, 1.165) is 28.1 Å². The van der Waals surface area contributed by atoms with Crippen LogP contribution in [-0.4, -0.2) is 11.3 Å². The fourth-order valence-corrected chi connectivity index (χ4v) is 2.06. The van der Waals surface area contributed by atoms with Crippen molar-refractivity contribution >= 4 is 34.9 Å². The highest BCUT2D eigenvalue weighted by atomic mass is 32.1. The highest BCUT2D eigenvalue weighted by molar-refractivity contribution is 7.80. The van der Waals surface area contributed by atoms with E-state index in [1.165, 1.54) is 0 Å². The Labute approximate surface area is 130 Å². The Bertz CT molecular complexity index is 642. The first-order valence-corrected chi connectivity index (χ1v) is 6.99. The monoisotopic (exact) mass is 298 g/mol. The van der Waals surface area contributed by atoms with Gasteiger partial charge in [-0.1, -0.05) is 30.3 Å². The summed E-state index contributed by atoms with van der Waals surface area (Å²) in [6.07, 6.45) is 1.69.